The highest BCUT2D eigenvalue weighted by atomic mass is 79.9. The first kappa shape index (κ1) is 11.7. The van der Waals surface area contributed by atoms with Gasteiger partial charge in [-0.25, -0.2) is 0 Å². The summed E-state index contributed by atoms with van der Waals surface area (Å²) >= 11 is 6.85. The van der Waals surface area contributed by atoms with Crippen LogP contribution in [0.1, 0.15) is 5.56 Å². The van der Waals surface area contributed by atoms with Crippen LogP contribution in [0.5, 0.6) is 5.75 Å². The van der Waals surface area contributed by atoms with Gasteiger partial charge in [-0.05, 0) is 45.8 Å². The fourth-order valence-corrected chi connectivity index (χ4v) is 1.97. The van der Waals surface area contributed by atoms with E-state index in [2.05, 4.69) is 31.9 Å². The predicted molar refractivity (Wildman–Crippen MR) is 72.6 cm³/mol. The minimum Gasteiger partial charge on any atom is -0.488 e. The molecule has 1 nitrogen and oxygen atoms in total. The van der Waals surface area contributed by atoms with E-state index in [-0.39, 0.29) is 0 Å². The molecule has 0 amide bonds. The third-order valence-corrected chi connectivity index (χ3v) is 3.33. The third-order valence-electron chi connectivity index (χ3n) is 2.14. The molecule has 0 heterocycles. The summed E-state index contributed by atoms with van der Waals surface area (Å²) in [6.45, 7) is 0.579. The van der Waals surface area contributed by atoms with Crippen molar-refractivity contribution in [2.45, 2.75) is 6.61 Å². The zero-order chi connectivity index (χ0) is 11.4. The molecule has 0 aliphatic rings. The molecule has 0 aliphatic carbocycles. The summed E-state index contributed by atoms with van der Waals surface area (Å²) < 4.78 is 7.76. The fourth-order valence-electron chi connectivity index (χ4n) is 1.30. The smallest absolute Gasteiger partial charge is 0.133 e. The SMILES string of the molecule is Brc1ccc(COc2ccccc2Br)cc1. The molecule has 0 unspecified atom stereocenters. The lowest BCUT2D eigenvalue weighted by Gasteiger charge is -2.07. The average molecular weight is 342 g/mol. The molecule has 0 radical (unpaired) electrons. The number of para-hydroxylation sites is 1. The van der Waals surface area contributed by atoms with E-state index >= 15 is 0 Å². The summed E-state index contributed by atoms with van der Waals surface area (Å²) in [4.78, 5) is 0. The van der Waals surface area contributed by atoms with E-state index in [4.69, 9.17) is 4.74 Å². The fraction of sp³-hybridized carbons (Fsp3) is 0.0769. The van der Waals surface area contributed by atoms with E-state index in [1.807, 2.05) is 48.5 Å². The number of benzene rings is 2. The normalized spacial score (nSPS) is 10.1. The highest BCUT2D eigenvalue weighted by Crippen LogP contribution is 2.24. The average Bonchev–Trinajstić information content (AvgIpc) is 2.30. The third kappa shape index (κ3) is 3.09. The van der Waals surface area contributed by atoms with Crippen molar-refractivity contribution < 1.29 is 4.74 Å². The molecular weight excluding hydrogens is 332 g/mol. The Kier molecular flexibility index (Phi) is 4.02. The van der Waals surface area contributed by atoms with E-state index in [1.165, 1.54) is 0 Å². The van der Waals surface area contributed by atoms with Crippen LogP contribution in [0.15, 0.2) is 57.5 Å². The lowest BCUT2D eigenvalue weighted by molar-refractivity contribution is 0.304. The van der Waals surface area contributed by atoms with Crippen LogP contribution in [0, 0.1) is 0 Å². The molecule has 3 heteroatoms. The van der Waals surface area contributed by atoms with Gasteiger partial charge in [-0.2, -0.15) is 0 Å². The molecule has 2 rings (SSSR count). The van der Waals surface area contributed by atoms with Crippen LogP contribution in [0.3, 0.4) is 0 Å². The number of hydrogen-bond donors (Lipinski definition) is 0. The Morgan fingerprint density at radius 3 is 2.25 bits per heavy atom. The van der Waals surface area contributed by atoms with E-state index in [1.54, 1.807) is 0 Å². The van der Waals surface area contributed by atoms with Gasteiger partial charge in [0.25, 0.3) is 0 Å². The molecule has 16 heavy (non-hydrogen) atoms. The van der Waals surface area contributed by atoms with E-state index in [0.717, 1.165) is 20.3 Å². The molecule has 0 spiro atoms. The van der Waals surface area contributed by atoms with Crippen molar-refractivity contribution in [2.75, 3.05) is 0 Å². The molecule has 82 valence electrons. The van der Waals surface area contributed by atoms with Gasteiger partial charge in [0.1, 0.15) is 12.4 Å². The topological polar surface area (TPSA) is 9.23 Å². The molecule has 0 bridgehead atoms. The predicted octanol–water partition coefficient (Wildman–Crippen LogP) is 4.79. The zero-order valence-corrected chi connectivity index (χ0v) is 11.7. The second kappa shape index (κ2) is 5.51. The summed E-state index contributed by atoms with van der Waals surface area (Å²) in [5.41, 5.74) is 1.15. The van der Waals surface area contributed by atoms with Crippen LogP contribution >= 0.6 is 31.9 Å². The number of rotatable bonds is 3. The number of halogens is 2. The zero-order valence-electron chi connectivity index (χ0n) is 8.49. The van der Waals surface area contributed by atoms with E-state index in [9.17, 15) is 0 Å². The van der Waals surface area contributed by atoms with Gasteiger partial charge >= 0.3 is 0 Å². The Morgan fingerprint density at radius 2 is 1.56 bits per heavy atom. The first-order chi connectivity index (χ1) is 7.75. The lowest BCUT2D eigenvalue weighted by Crippen LogP contribution is -1.95. The molecule has 0 aromatic heterocycles. The molecular formula is C13H10Br2O. The second-order valence-corrected chi connectivity index (χ2v) is 5.12. The van der Waals surface area contributed by atoms with Crippen molar-refractivity contribution in [1.82, 2.24) is 0 Å². The minimum atomic E-state index is 0.579. The van der Waals surface area contributed by atoms with Gasteiger partial charge in [0.05, 0.1) is 4.47 Å². The van der Waals surface area contributed by atoms with Crippen molar-refractivity contribution in [3.05, 3.63) is 63.0 Å². The van der Waals surface area contributed by atoms with Crippen molar-refractivity contribution >= 4 is 31.9 Å². The van der Waals surface area contributed by atoms with Gasteiger partial charge < -0.3 is 4.74 Å². The molecule has 0 fully saturated rings. The Morgan fingerprint density at radius 1 is 0.875 bits per heavy atom. The summed E-state index contributed by atoms with van der Waals surface area (Å²) in [5.74, 6) is 0.866. The van der Waals surface area contributed by atoms with Gasteiger partial charge in [-0.15, -0.1) is 0 Å². The van der Waals surface area contributed by atoms with Crippen molar-refractivity contribution in [1.29, 1.82) is 0 Å². The highest BCUT2D eigenvalue weighted by Gasteiger charge is 1.99. The standard InChI is InChI=1S/C13H10Br2O/c14-11-7-5-10(6-8-11)9-16-13-4-2-1-3-12(13)15/h1-8H,9H2. The van der Waals surface area contributed by atoms with Crippen LogP contribution < -0.4 is 4.74 Å². The Labute approximate surface area is 112 Å². The number of hydrogen-bond acceptors (Lipinski definition) is 1. The maximum absolute atomic E-state index is 5.70. The molecule has 0 aliphatic heterocycles. The van der Waals surface area contributed by atoms with Gasteiger partial charge in [0.2, 0.25) is 0 Å². The monoisotopic (exact) mass is 340 g/mol. The van der Waals surface area contributed by atoms with Crippen LogP contribution in [-0.4, -0.2) is 0 Å². The summed E-state index contributed by atoms with van der Waals surface area (Å²) in [7, 11) is 0. The van der Waals surface area contributed by atoms with Gasteiger partial charge in [0, 0.05) is 4.47 Å². The van der Waals surface area contributed by atoms with Crippen molar-refractivity contribution in [3.8, 4) is 5.75 Å². The summed E-state index contributed by atoms with van der Waals surface area (Å²) in [5, 5.41) is 0. The lowest BCUT2D eigenvalue weighted by atomic mass is 10.2. The highest BCUT2D eigenvalue weighted by molar-refractivity contribution is 9.10. The summed E-state index contributed by atoms with van der Waals surface area (Å²) in [6, 6.07) is 16.0. The molecule has 0 atom stereocenters. The van der Waals surface area contributed by atoms with Crippen LogP contribution in [0.2, 0.25) is 0 Å². The molecule has 0 saturated carbocycles. The first-order valence-electron chi connectivity index (χ1n) is 4.87. The van der Waals surface area contributed by atoms with Gasteiger partial charge in [0.15, 0.2) is 0 Å². The maximum Gasteiger partial charge on any atom is 0.133 e. The van der Waals surface area contributed by atoms with E-state index < -0.39 is 0 Å². The van der Waals surface area contributed by atoms with Gasteiger partial charge in [-0.3, -0.25) is 0 Å². The Bertz CT molecular complexity index is 466. The van der Waals surface area contributed by atoms with Crippen molar-refractivity contribution in [3.63, 3.8) is 0 Å². The largest absolute Gasteiger partial charge is 0.488 e. The van der Waals surface area contributed by atoms with Crippen LogP contribution in [-0.2, 0) is 6.61 Å². The molecule has 0 N–H and O–H groups in total. The van der Waals surface area contributed by atoms with Crippen LogP contribution in [0.25, 0.3) is 0 Å². The maximum atomic E-state index is 5.70. The molecule has 2 aromatic rings. The Balaban J connectivity index is 2.02. The second-order valence-electron chi connectivity index (χ2n) is 3.35. The minimum absolute atomic E-state index is 0.579. The first-order valence-corrected chi connectivity index (χ1v) is 6.46. The molecule has 2 aromatic carbocycles. The van der Waals surface area contributed by atoms with Gasteiger partial charge in [-0.1, -0.05) is 40.2 Å². The molecule has 0 saturated heterocycles. The quantitative estimate of drug-likeness (QED) is 0.779. The van der Waals surface area contributed by atoms with E-state index in [0.29, 0.717) is 6.61 Å². The van der Waals surface area contributed by atoms with Crippen LogP contribution in [0.4, 0.5) is 0 Å². The number of ether oxygens (including phenoxy) is 1. The summed E-state index contributed by atoms with van der Waals surface area (Å²) in [6.07, 6.45) is 0. The Hall–Kier alpha value is -0.800. The van der Waals surface area contributed by atoms with Crippen molar-refractivity contribution in [2.24, 2.45) is 0 Å².